The summed E-state index contributed by atoms with van der Waals surface area (Å²) in [5.41, 5.74) is 5.80. The van der Waals surface area contributed by atoms with Crippen molar-refractivity contribution in [3.8, 4) is 17.2 Å². The Morgan fingerprint density at radius 2 is 1.58 bits per heavy atom. The van der Waals surface area contributed by atoms with Crippen LogP contribution in [-0.4, -0.2) is 62.9 Å². The van der Waals surface area contributed by atoms with Crippen LogP contribution in [0, 0.1) is 6.92 Å². The third-order valence-electron chi connectivity index (χ3n) is 4.73. The van der Waals surface area contributed by atoms with Gasteiger partial charge in [-0.3, -0.25) is 20.4 Å². The second-order valence-electron chi connectivity index (χ2n) is 7.02. The van der Waals surface area contributed by atoms with E-state index >= 15 is 0 Å². The van der Waals surface area contributed by atoms with Crippen LogP contribution in [0.15, 0.2) is 12.1 Å². The van der Waals surface area contributed by atoms with E-state index in [0.29, 0.717) is 60.9 Å². The Bertz CT molecular complexity index is 947. The summed E-state index contributed by atoms with van der Waals surface area (Å²) in [6.07, 6.45) is 0. The molecule has 0 radical (unpaired) electrons. The van der Waals surface area contributed by atoms with Gasteiger partial charge in [-0.05, 0) is 39.8 Å². The van der Waals surface area contributed by atoms with E-state index < -0.39 is 11.8 Å². The number of rotatable bonds is 9. The number of aryl methyl sites for hydroxylation is 1. The third-order valence-corrected chi connectivity index (χ3v) is 5.95. The topological polar surface area (TPSA) is 111 Å². The first kappa shape index (κ1) is 24.6. The van der Waals surface area contributed by atoms with Crippen molar-refractivity contribution in [3.05, 3.63) is 28.3 Å². The Balaban J connectivity index is 1.72. The van der Waals surface area contributed by atoms with Crippen LogP contribution < -0.4 is 30.0 Å². The first-order valence-corrected chi connectivity index (χ1v) is 11.8. The van der Waals surface area contributed by atoms with E-state index in [2.05, 4.69) is 20.7 Å². The van der Waals surface area contributed by atoms with Crippen LogP contribution >= 0.6 is 11.3 Å². The van der Waals surface area contributed by atoms with E-state index in [4.69, 9.17) is 18.9 Å². The zero-order valence-corrected chi connectivity index (χ0v) is 20.2. The Kier molecular flexibility index (Phi) is 8.72. The summed E-state index contributed by atoms with van der Waals surface area (Å²) in [5, 5.41) is 0.765. The van der Waals surface area contributed by atoms with E-state index in [0.717, 1.165) is 18.2 Å². The highest BCUT2D eigenvalue weighted by Gasteiger charge is 2.22. The van der Waals surface area contributed by atoms with Crippen LogP contribution in [-0.2, 0) is 4.74 Å². The van der Waals surface area contributed by atoms with Gasteiger partial charge in [-0.15, -0.1) is 0 Å². The molecule has 0 spiro atoms. The standard InChI is InChI=1S/C22H30N4O6S/c1-5-30-16-12-15(13-17(31-6-2)18(16)32-7-3)20(27)24-25-21(28)19-14(4)23-22(33-19)26-8-10-29-11-9-26/h12-13H,5-11H2,1-4H3,(H,24,27)(H,25,28). The molecule has 0 aliphatic carbocycles. The minimum absolute atomic E-state index is 0.265. The van der Waals surface area contributed by atoms with E-state index in [1.54, 1.807) is 19.1 Å². The molecule has 1 aromatic carbocycles. The average molecular weight is 479 g/mol. The zero-order chi connectivity index (χ0) is 23.8. The summed E-state index contributed by atoms with van der Waals surface area (Å²) in [6, 6.07) is 3.12. The smallest absolute Gasteiger partial charge is 0.281 e. The molecule has 0 saturated carbocycles. The average Bonchev–Trinajstić information content (AvgIpc) is 3.21. The maximum atomic E-state index is 12.8. The molecule has 2 aromatic rings. The number of nitrogens with one attached hydrogen (secondary N) is 2. The lowest BCUT2D eigenvalue weighted by Crippen LogP contribution is -2.41. The van der Waals surface area contributed by atoms with E-state index in [1.165, 1.54) is 11.3 Å². The van der Waals surface area contributed by atoms with Crippen LogP contribution in [0.5, 0.6) is 17.2 Å². The van der Waals surface area contributed by atoms with E-state index in [-0.39, 0.29) is 5.56 Å². The molecule has 1 aliphatic heterocycles. The summed E-state index contributed by atoms with van der Waals surface area (Å²) in [7, 11) is 0. The van der Waals surface area contributed by atoms with Crippen molar-refractivity contribution in [2.45, 2.75) is 27.7 Å². The number of morpholine rings is 1. The summed E-state index contributed by atoms with van der Waals surface area (Å²) in [4.78, 5) is 32.5. The number of thiazole rings is 1. The van der Waals surface area contributed by atoms with Crippen molar-refractivity contribution in [2.24, 2.45) is 0 Å². The van der Waals surface area contributed by atoms with Gasteiger partial charge >= 0.3 is 0 Å². The van der Waals surface area contributed by atoms with E-state index in [9.17, 15) is 9.59 Å². The molecule has 11 heteroatoms. The summed E-state index contributed by atoms with van der Waals surface area (Å²) < 4.78 is 22.3. The first-order valence-electron chi connectivity index (χ1n) is 11.0. The molecular formula is C22H30N4O6S. The number of carbonyl (C=O) groups excluding carboxylic acids is 2. The van der Waals surface area contributed by atoms with Crippen molar-refractivity contribution in [1.29, 1.82) is 0 Å². The van der Waals surface area contributed by atoms with Crippen molar-refractivity contribution in [1.82, 2.24) is 15.8 Å². The molecule has 10 nitrogen and oxygen atoms in total. The summed E-state index contributed by atoms with van der Waals surface area (Å²) >= 11 is 1.29. The zero-order valence-electron chi connectivity index (χ0n) is 19.4. The third kappa shape index (κ3) is 6.05. The van der Waals surface area contributed by atoms with Crippen molar-refractivity contribution in [2.75, 3.05) is 51.0 Å². The van der Waals surface area contributed by atoms with Gasteiger partial charge in [-0.2, -0.15) is 0 Å². The normalized spacial score (nSPS) is 13.4. The van der Waals surface area contributed by atoms with Gasteiger partial charge in [0, 0.05) is 18.7 Å². The molecule has 1 aliphatic rings. The molecular weight excluding hydrogens is 448 g/mol. The van der Waals surface area contributed by atoms with Crippen molar-refractivity contribution >= 4 is 28.3 Å². The van der Waals surface area contributed by atoms with Gasteiger partial charge in [0.05, 0.1) is 38.7 Å². The fraction of sp³-hybridized carbons (Fsp3) is 0.500. The summed E-state index contributed by atoms with van der Waals surface area (Å²) in [5.74, 6) is 0.297. The van der Waals surface area contributed by atoms with E-state index in [1.807, 2.05) is 20.8 Å². The number of hydrazine groups is 1. The Hall–Kier alpha value is -3.05. The fourth-order valence-corrected chi connectivity index (χ4v) is 4.26. The van der Waals surface area contributed by atoms with Crippen LogP contribution in [0.25, 0.3) is 0 Å². The number of nitrogens with zero attached hydrogens (tertiary/aromatic N) is 2. The largest absolute Gasteiger partial charge is 0.490 e. The molecule has 3 rings (SSSR count). The quantitative estimate of drug-likeness (QED) is 0.529. The lowest BCUT2D eigenvalue weighted by molar-refractivity contribution is 0.0848. The minimum atomic E-state index is -0.510. The SMILES string of the molecule is CCOc1cc(C(=O)NNC(=O)c2sc(N3CCOCC3)nc2C)cc(OCC)c1OCC. The number of carbonyl (C=O) groups is 2. The predicted octanol–water partition coefficient (Wildman–Crippen LogP) is 2.56. The number of aromatic nitrogens is 1. The van der Waals surface area contributed by atoms with Gasteiger partial charge in [0.1, 0.15) is 4.88 Å². The van der Waals surface area contributed by atoms with Gasteiger partial charge in [-0.25, -0.2) is 4.98 Å². The molecule has 1 fully saturated rings. The first-order chi connectivity index (χ1) is 16.0. The van der Waals surface area contributed by atoms with Crippen LogP contribution in [0.2, 0.25) is 0 Å². The van der Waals surface area contributed by atoms with Crippen molar-refractivity contribution in [3.63, 3.8) is 0 Å². The maximum absolute atomic E-state index is 12.8. The number of amides is 2. The lowest BCUT2D eigenvalue weighted by atomic mass is 10.1. The second kappa shape index (κ2) is 11.7. The summed E-state index contributed by atoms with van der Waals surface area (Å²) in [6.45, 7) is 11.2. The Labute approximate surface area is 197 Å². The molecule has 2 amide bonds. The molecule has 0 atom stereocenters. The number of ether oxygens (including phenoxy) is 4. The lowest BCUT2D eigenvalue weighted by Gasteiger charge is -2.25. The van der Waals surface area contributed by atoms with Gasteiger partial charge in [-0.1, -0.05) is 11.3 Å². The van der Waals surface area contributed by atoms with Crippen LogP contribution in [0.1, 0.15) is 46.5 Å². The molecule has 0 unspecified atom stereocenters. The minimum Gasteiger partial charge on any atom is -0.490 e. The van der Waals surface area contributed by atoms with Crippen molar-refractivity contribution < 1.29 is 28.5 Å². The molecule has 33 heavy (non-hydrogen) atoms. The van der Waals surface area contributed by atoms with Crippen LogP contribution in [0.4, 0.5) is 5.13 Å². The molecule has 0 bridgehead atoms. The Morgan fingerprint density at radius 1 is 1.00 bits per heavy atom. The van der Waals surface area contributed by atoms with Crippen LogP contribution in [0.3, 0.4) is 0 Å². The fourth-order valence-electron chi connectivity index (χ4n) is 3.24. The van der Waals surface area contributed by atoms with Gasteiger partial charge in [0.2, 0.25) is 5.75 Å². The highest BCUT2D eigenvalue weighted by Crippen LogP contribution is 2.39. The number of anilines is 1. The highest BCUT2D eigenvalue weighted by atomic mass is 32.1. The monoisotopic (exact) mass is 478 g/mol. The molecule has 2 N–H and O–H groups in total. The number of hydrogen-bond donors (Lipinski definition) is 2. The molecule has 1 saturated heterocycles. The number of benzene rings is 1. The maximum Gasteiger partial charge on any atom is 0.281 e. The Morgan fingerprint density at radius 3 is 2.15 bits per heavy atom. The predicted molar refractivity (Wildman–Crippen MR) is 125 cm³/mol. The number of hydrogen-bond acceptors (Lipinski definition) is 9. The molecule has 2 heterocycles. The highest BCUT2D eigenvalue weighted by molar-refractivity contribution is 7.17. The molecule has 1 aromatic heterocycles. The van der Waals surface area contributed by atoms with Gasteiger partial charge < -0.3 is 23.8 Å². The second-order valence-corrected chi connectivity index (χ2v) is 8.00. The van der Waals surface area contributed by atoms with Gasteiger partial charge in [0.15, 0.2) is 16.6 Å². The van der Waals surface area contributed by atoms with Gasteiger partial charge in [0.25, 0.3) is 11.8 Å². The molecule has 180 valence electrons.